The lowest BCUT2D eigenvalue weighted by molar-refractivity contribution is -0.0544. The lowest BCUT2D eigenvalue weighted by atomic mass is 10.0. The molecule has 2 aliphatic rings. The van der Waals surface area contributed by atoms with Gasteiger partial charge in [-0.1, -0.05) is 0 Å². The average Bonchev–Trinajstić information content (AvgIpc) is 3.73. The van der Waals surface area contributed by atoms with Crippen LogP contribution in [0.3, 0.4) is 0 Å². The topological polar surface area (TPSA) is 340 Å². The van der Waals surface area contributed by atoms with Crippen molar-refractivity contribution in [3.05, 3.63) is 34.8 Å². The molecule has 0 saturated carbocycles. The number of hydrogen-bond donors (Lipinski definition) is 8. The van der Waals surface area contributed by atoms with E-state index >= 15 is 0 Å². The van der Waals surface area contributed by atoms with Gasteiger partial charge in [0.05, 0.1) is 25.7 Å². The third-order valence-electron chi connectivity index (χ3n) is 7.09. The molecule has 4 aromatic rings. The number of aliphatic hydroxyl groups is 3. The molecule has 2 fully saturated rings. The lowest BCUT2D eigenvalue weighted by Crippen LogP contribution is -2.36. The highest BCUT2D eigenvalue weighted by Crippen LogP contribution is 2.50. The van der Waals surface area contributed by atoms with Crippen LogP contribution in [-0.2, 0) is 32.2 Å². The second-order valence-corrected chi connectivity index (χ2v) is 11.9. The summed E-state index contributed by atoms with van der Waals surface area (Å²) < 4.78 is 53.7. The summed E-state index contributed by atoms with van der Waals surface area (Å²) in [5.74, 6) is -0.309. The summed E-state index contributed by atoms with van der Waals surface area (Å²) in [5, 5.41) is 35.4. The molecule has 0 aromatic carbocycles. The number of hydrogen-bond acceptors (Lipinski definition) is 18. The number of anilines is 2. The Morgan fingerprint density at radius 1 is 1.11 bits per heavy atom. The van der Waals surface area contributed by atoms with Gasteiger partial charge in [0.25, 0.3) is 5.56 Å². The molecule has 23 nitrogen and oxygen atoms in total. The van der Waals surface area contributed by atoms with Gasteiger partial charge in [0, 0.05) is 10.1 Å². The summed E-state index contributed by atoms with van der Waals surface area (Å²) in [6.45, 7) is -1.57. The maximum absolute atomic E-state index is 13.1. The first-order valence-electron chi connectivity index (χ1n) is 12.8. The third-order valence-corrected chi connectivity index (χ3v) is 8.49. The maximum Gasteiger partial charge on any atom is 0.695 e. The van der Waals surface area contributed by atoms with Crippen LogP contribution in [0.25, 0.3) is 16.8 Å². The third kappa shape index (κ3) is 5.80. The van der Waals surface area contributed by atoms with Gasteiger partial charge in [-0.05, 0) is 0 Å². The van der Waals surface area contributed by atoms with E-state index in [0.717, 1.165) is 21.7 Å². The van der Waals surface area contributed by atoms with E-state index in [1.807, 2.05) is 0 Å². The minimum Gasteiger partial charge on any atom is -0.394 e. The summed E-state index contributed by atoms with van der Waals surface area (Å²) in [4.78, 5) is 50.3. The van der Waals surface area contributed by atoms with Crippen molar-refractivity contribution in [3.8, 4) is 0 Å². The number of phosphoric acid groups is 1. The highest BCUT2D eigenvalue weighted by atomic mass is 31.2. The zero-order chi connectivity index (χ0) is 32.2. The Morgan fingerprint density at radius 3 is 2.62 bits per heavy atom. The van der Waals surface area contributed by atoms with Crippen molar-refractivity contribution in [1.29, 1.82) is 0 Å². The standard InChI is InChI=1S/C20H24N10O13P2/c21-19-27-16-9(17(34)28-19)25-5-29(16)18-14(10(32)7(2-31)41-18)43-45(37,38)39-3-8-13(42-44(35)36)11(33)12(40-8)6-1-26-30-15(6)23-4-24-20(30)22/h1,4-5,7-8,10-14,18,31-33H,2-3H2,(H6-,21,22,23,24,26,27,28,34,35,36,37,38)/p+1/t7-,8-,10-,11+,12+,13-,14-,18-/m1/s1. The molecular formula is C20H25N10O13P2+. The van der Waals surface area contributed by atoms with Crippen LogP contribution in [0.1, 0.15) is 17.9 Å². The van der Waals surface area contributed by atoms with Crippen LogP contribution >= 0.6 is 16.1 Å². The minimum atomic E-state index is -5.17. The van der Waals surface area contributed by atoms with Gasteiger partial charge in [0.1, 0.15) is 43.0 Å². The fourth-order valence-electron chi connectivity index (χ4n) is 5.10. The maximum atomic E-state index is 13.1. The Bertz CT molecular complexity index is 1850. The van der Waals surface area contributed by atoms with Crippen LogP contribution in [-0.4, -0.2) is 114 Å². The van der Waals surface area contributed by atoms with Crippen LogP contribution in [0.15, 0.2) is 23.6 Å². The Labute approximate surface area is 249 Å². The lowest BCUT2D eigenvalue weighted by Gasteiger charge is -2.24. The van der Waals surface area contributed by atoms with Crippen LogP contribution in [0.4, 0.5) is 11.9 Å². The van der Waals surface area contributed by atoms with Gasteiger partial charge >= 0.3 is 16.1 Å². The normalized spacial score (nSPS) is 30.3. The molecule has 2 aliphatic heterocycles. The minimum absolute atomic E-state index is 0.0298. The van der Waals surface area contributed by atoms with E-state index in [-0.39, 0.29) is 34.3 Å². The van der Waals surface area contributed by atoms with Crippen molar-refractivity contribution < 1.29 is 57.3 Å². The summed E-state index contributed by atoms with van der Waals surface area (Å²) in [6.07, 6.45) is -8.57. The second-order valence-electron chi connectivity index (χ2n) is 9.81. The molecule has 10 atom stereocenters. The number of nitrogens with two attached hydrogens (primary N) is 2. The quantitative estimate of drug-likeness (QED) is 0.0777. The number of ether oxygens (including phenoxy) is 2. The van der Waals surface area contributed by atoms with Crippen molar-refractivity contribution in [2.75, 3.05) is 24.7 Å². The Kier molecular flexibility index (Phi) is 8.36. The van der Waals surface area contributed by atoms with Gasteiger partial charge in [-0.25, -0.2) is 19.5 Å². The molecule has 6 rings (SSSR count). The van der Waals surface area contributed by atoms with Gasteiger partial charge in [-0.3, -0.25) is 23.4 Å². The Morgan fingerprint density at radius 2 is 1.89 bits per heavy atom. The zero-order valence-corrected chi connectivity index (χ0v) is 24.2. The molecule has 242 valence electrons. The number of phosphoric ester groups is 1. The van der Waals surface area contributed by atoms with Crippen molar-refractivity contribution in [2.45, 2.75) is 49.0 Å². The van der Waals surface area contributed by atoms with Gasteiger partial charge in [-0.15, -0.1) is 9.42 Å². The van der Waals surface area contributed by atoms with E-state index in [1.165, 1.54) is 6.20 Å². The van der Waals surface area contributed by atoms with Crippen molar-refractivity contribution >= 4 is 44.8 Å². The monoisotopic (exact) mass is 675 g/mol. The van der Waals surface area contributed by atoms with Crippen molar-refractivity contribution in [3.63, 3.8) is 0 Å². The van der Waals surface area contributed by atoms with E-state index < -0.39 is 83.8 Å². The highest BCUT2D eigenvalue weighted by Gasteiger charge is 2.53. The SMILES string of the molecule is Nc1nc2c(ncn2[C@@H]2O[C@H](CO)[C@@H](O)[C@H]2OP(=O)(O)OC[C@H]2O[C@@H](c3cnn4c(N)ncnc34)[C@H](O)[C@@H]2O[P+](=O)O)c(=O)[nH]1. The zero-order valence-electron chi connectivity index (χ0n) is 22.4. The van der Waals surface area contributed by atoms with Crippen molar-refractivity contribution in [1.82, 2.24) is 39.1 Å². The number of nitrogens with zero attached hydrogens (tertiary/aromatic N) is 7. The smallest absolute Gasteiger partial charge is 0.394 e. The van der Waals surface area contributed by atoms with Gasteiger partial charge in [0.2, 0.25) is 11.9 Å². The Hall–Kier alpha value is -3.57. The van der Waals surface area contributed by atoms with E-state index in [0.29, 0.717) is 0 Å². The summed E-state index contributed by atoms with van der Waals surface area (Å²) in [5.41, 5.74) is 10.8. The predicted molar refractivity (Wildman–Crippen MR) is 144 cm³/mol. The predicted octanol–water partition coefficient (Wildman–Crippen LogP) is -2.99. The van der Waals surface area contributed by atoms with E-state index in [2.05, 4.69) is 30.0 Å². The van der Waals surface area contributed by atoms with Gasteiger partial charge in [0.15, 0.2) is 29.1 Å². The number of rotatable bonds is 10. The van der Waals surface area contributed by atoms with Crippen LogP contribution in [0.2, 0.25) is 0 Å². The molecular weight excluding hydrogens is 650 g/mol. The molecule has 2 saturated heterocycles. The number of imidazole rings is 1. The number of aromatic amines is 1. The fraction of sp³-hybridized carbons (Fsp3) is 0.500. The Balaban J connectivity index is 1.22. The van der Waals surface area contributed by atoms with Crippen LogP contribution in [0.5, 0.6) is 0 Å². The van der Waals surface area contributed by atoms with Gasteiger partial charge in [-0.2, -0.15) is 14.6 Å². The van der Waals surface area contributed by atoms with E-state index in [4.69, 9.17) is 34.5 Å². The highest BCUT2D eigenvalue weighted by molar-refractivity contribution is 7.47. The number of H-pyrrole nitrogens is 1. The summed E-state index contributed by atoms with van der Waals surface area (Å²) in [7, 11) is -8.45. The molecule has 25 heteroatoms. The van der Waals surface area contributed by atoms with E-state index in [1.54, 1.807) is 0 Å². The van der Waals surface area contributed by atoms with Crippen LogP contribution in [0, 0.1) is 0 Å². The first kappa shape index (κ1) is 31.4. The molecule has 2 unspecified atom stereocenters. The molecule has 0 spiro atoms. The molecule has 6 heterocycles. The van der Waals surface area contributed by atoms with Crippen LogP contribution < -0.4 is 17.0 Å². The number of aliphatic hydroxyl groups excluding tert-OH is 3. The molecule has 0 aliphatic carbocycles. The first-order chi connectivity index (χ1) is 21.4. The second kappa shape index (κ2) is 12.0. The molecule has 4 aromatic heterocycles. The summed E-state index contributed by atoms with van der Waals surface area (Å²) >= 11 is 0. The number of aromatic nitrogens is 8. The number of fused-ring (bicyclic) bond motifs is 2. The van der Waals surface area contributed by atoms with E-state index in [9.17, 15) is 39.0 Å². The molecule has 10 N–H and O–H groups in total. The molecule has 0 bridgehead atoms. The molecule has 45 heavy (non-hydrogen) atoms. The van der Waals surface area contributed by atoms with Crippen molar-refractivity contribution in [2.24, 2.45) is 0 Å². The largest absolute Gasteiger partial charge is 0.695 e. The van der Waals surface area contributed by atoms with Gasteiger partial charge < -0.3 is 41.2 Å². The molecule has 0 radical (unpaired) electrons. The summed E-state index contributed by atoms with van der Waals surface area (Å²) in [6, 6.07) is 0. The number of nitrogen functional groups attached to an aromatic ring is 2. The first-order valence-corrected chi connectivity index (χ1v) is 15.4. The molecule has 0 amide bonds. The average molecular weight is 675 g/mol. The fourth-order valence-corrected chi connectivity index (χ4v) is 6.50. The number of nitrogens with one attached hydrogen (secondary N) is 1.